The molecule has 0 aromatic carbocycles. The van der Waals surface area contributed by atoms with Crippen LogP contribution >= 0.6 is 0 Å². The van der Waals surface area contributed by atoms with Gasteiger partial charge in [0.1, 0.15) is 42.7 Å². The molecular formula is C41H68O13. The quantitative estimate of drug-likeness (QED) is 0.175. The van der Waals surface area contributed by atoms with E-state index in [9.17, 15) is 46.0 Å². The van der Waals surface area contributed by atoms with Crippen molar-refractivity contribution >= 4 is 0 Å². The Hall–Kier alpha value is -0.780. The van der Waals surface area contributed by atoms with Crippen LogP contribution < -0.4 is 0 Å². The van der Waals surface area contributed by atoms with Gasteiger partial charge in [0, 0.05) is 10.8 Å². The third-order valence-electron chi connectivity index (χ3n) is 17.3. The average Bonchev–Trinajstić information content (AvgIpc) is 3.12. The second-order valence-corrected chi connectivity index (χ2v) is 20.3. The molecule has 2 aliphatic heterocycles. The van der Waals surface area contributed by atoms with Crippen molar-refractivity contribution < 1.29 is 64.9 Å². The molecule has 310 valence electrons. The molecule has 2 saturated heterocycles. The molecular weight excluding hydrogens is 700 g/mol. The number of hydrogen-bond donors (Lipinski definition) is 9. The summed E-state index contributed by atoms with van der Waals surface area (Å²) < 4.78 is 23.9. The molecule has 20 atom stereocenters. The molecule has 4 saturated carbocycles. The molecule has 6 fully saturated rings. The Morgan fingerprint density at radius 1 is 0.741 bits per heavy atom. The molecule has 0 spiro atoms. The van der Waals surface area contributed by atoms with Crippen molar-refractivity contribution in [1.82, 2.24) is 0 Å². The van der Waals surface area contributed by atoms with Gasteiger partial charge in [-0.25, -0.2) is 0 Å². The highest BCUT2D eigenvalue weighted by molar-refractivity contribution is 5.34. The van der Waals surface area contributed by atoms with Gasteiger partial charge in [0.15, 0.2) is 12.6 Å². The number of allylic oxidation sites excluding steroid dienone is 2. The molecule has 13 nitrogen and oxygen atoms in total. The van der Waals surface area contributed by atoms with Gasteiger partial charge in [-0.1, -0.05) is 60.1 Å². The van der Waals surface area contributed by atoms with Crippen molar-refractivity contribution in [1.29, 1.82) is 0 Å². The number of fused-ring (bicyclic) bond motifs is 7. The van der Waals surface area contributed by atoms with Crippen molar-refractivity contribution in [2.24, 2.45) is 50.2 Å². The Balaban J connectivity index is 1.16. The van der Waals surface area contributed by atoms with Gasteiger partial charge in [0.2, 0.25) is 0 Å². The number of aliphatic hydroxyl groups is 9. The van der Waals surface area contributed by atoms with E-state index in [-0.39, 0.29) is 41.3 Å². The molecule has 5 aliphatic carbocycles. The summed E-state index contributed by atoms with van der Waals surface area (Å²) in [7, 11) is 0. The van der Waals surface area contributed by atoms with E-state index in [2.05, 4.69) is 54.5 Å². The van der Waals surface area contributed by atoms with Crippen LogP contribution in [-0.2, 0) is 18.9 Å². The molecule has 9 N–H and O–H groups in total. The van der Waals surface area contributed by atoms with Gasteiger partial charge >= 0.3 is 0 Å². The van der Waals surface area contributed by atoms with Crippen LogP contribution in [0.25, 0.3) is 0 Å². The van der Waals surface area contributed by atoms with Gasteiger partial charge in [-0.15, -0.1) is 0 Å². The van der Waals surface area contributed by atoms with Crippen LogP contribution in [0, 0.1) is 50.2 Å². The van der Waals surface area contributed by atoms with Crippen molar-refractivity contribution in [3.63, 3.8) is 0 Å². The summed E-state index contributed by atoms with van der Waals surface area (Å²) in [6.45, 7) is 14.7. The summed E-state index contributed by atoms with van der Waals surface area (Å²) in [5.41, 5.74) is -0.402. The smallest absolute Gasteiger partial charge is 0.187 e. The maximum Gasteiger partial charge on any atom is 0.187 e. The second kappa shape index (κ2) is 13.9. The predicted molar refractivity (Wildman–Crippen MR) is 194 cm³/mol. The van der Waals surface area contributed by atoms with Gasteiger partial charge < -0.3 is 64.9 Å². The van der Waals surface area contributed by atoms with E-state index in [1.807, 2.05) is 0 Å². The lowest BCUT2D eigenvalue weighted by Crippen LogP contribution is -2.68. The van der Waals surface area contributed by atoms with E-state index in [1.165, 1.54) is 5.57 Å². The second-order valence-electron chi connectivity index (χ2n) is 20.3. The van der Waals surface area contributed by atoms with E-state index in [1.54, 1.807) is 0 Å². The van der Waals surface area contributed by atoms with Crippen molar-refractivity contribution in [3.8, 4) is 0 Å². The van der Waals surface area contributed by atoms with Crippen LogP contribution in [0.2, 0.25) is 0 Å². The summed E-state index contributed by atoms with van der Waals surface area (Å²) in [6.07, 6.45) is -6.31. The lowest BCUT2D eigenvalue weighted by atomic mass is 9.33. The molecule has 0 aromatic heterocycles. The van der Waals surface area contributed by atoms with E-state index in [4.69, 9.17) is 18.9 Å². The van der Waals surface area contributed by atoms with Crippen LogP contribution in [0.4, 0.5) is 0 Å². The number of aliphatic hydroxyl groups excluding tert-OH is 9. The normalized spacial score (nSPS) is 57.2. The first-order valence-corrected chi connectivity index (χ1v) is 20.4. The number of ether oxygens (including phenoxy) is 4. The fraction of sp³-hybridized carbons (Fsp3) is 0.951. The van der Waals surface area contributed by atoms with Crippen molar-refractivity contribution in [2.75, 3.05) is 19.8 Å². The topological polar surface area (TPSA) is 219 Å². The molecule has 2 heterocycles. The van der Waals surface area contributed by atoms with Crippen LogP contribution in [-0.4, -0.2) is 139 Å². The van der Waals surface area contributed by atoms with Gasteiger partial charge in [-0.05, 0) is 90.8 Å². The summed E-state index contributed by atoms with van der Waals surface area (Å²) in [6, 6.07) is 0. The van der Waals surface area contributed by atoms with E-state index < -0.39 is 96.5 Å². The Labute approximate surface area is 319 Å². The van der Waals surface area contributed by atoms with Crippen molar-refractivity contribution in [2.45, 2.75) is 173 Å². The summed E-state index contributed by atoms with van der Waals surface area (Å²) >= 11 is 0. The first-order valence-electron chi connectivity index (χ1n) is 20.4. The van der Waals surface area contributed by atoms with Crippen LogP contribution in [0.1, 0.15) is 99.8 Å². The maximum atomic E-state index is 12.1. The zero-order chi connectivity index (χ0) is 39.6. The monoisotopic (exact) mass is 768 g/mol. The molecule has 0 amide bonds. The van der Waals surface area contributed by atoms with E-state index >= 15 is 0 Å². The zero-order valence-electron chi connectivity index (χ0n) is 33.2. The molecule has 54 heavy (non-hydrogen) atoms. The zero-order valence-corrected chi connectivity index (χ0v) is 33.2. The molecule has 0 radical (unpaired) electrons. The standard InChI is InChI=1S/C41H68O13/c1-36(2)16-21-20-8-9-25-38(4)12-11-26(45)39(5,19-43)24(38)10-13-41(25,7)40(20,6)15-14-37(21,3)33(32(36)50)54-34-30(49)31(22(44)18-51-34)53-35-29(48)28(47)27(46)23(17-42)52-35/h8,21-35,42-50H,9-19H2,1-7H3/t21-,22+,23+,24+,25+,26-,27+,28-,29+,30-,31-,32-,33+,34-,35-,37+,38-,39-,40+,41+/m0/s1. The SMILES string of the molecule is CC1(C)C[C@H]2C3=CC[C@@H]4[C@@]5(C)CC[C@H](O)[C@@](C)(CO)[C@@H]5CC[C@@]4(C)[C@]3(C)CC[C@@]2(C)[C@H](O[C@@H]2OC[C@@H](O)[C@H](O[C@@H]3O[C@H](CO)[C@@H](O)[C@H](O)[C@H]3O)[C@@H]2O)[C@@H]1O. The fourth-order valence-electron chi connectivity index (χ4n) is 13.4. The summed E-state index contributed by atoms with van der Waals surface area (Å²) in [5, 5.41) is 97.1. The number of hydrogen-bond acceptors (Lipinski definition) is 13. The average molecular weight is 769 g/mol. The van der Waals surface area contributed by atoms with Gasteiger partial charge in [0.25, 0.3) is 0 Å². The molecule has 7 aliphatic rings. The minimum absolute atomic E-state index is 0.0194. The Morgan fingerprint density at radius 2 is 1.44 bits per heavy atom. The fourth-order valence-corrected chi connectivity index (χ4v) is 13.4. The van der Waals surface area contributed by atoms with Gasteiger partial charge in [-0.3, -0.25) is 0 Å². The largest absolute Gasteiger partial charge is 0.396 e. The van der Waals surface area contributed by atoms with Gasteiger partial charge in [-0.2, -0.15) is 0 Å². The first kappa shape index (κ1) is 41.4. The summed E-state index contributed by atoms with van der Waals surface area (Å²) in [4.78, 5) is 0. The van der Waals surface area contributed by atoms with Crippen LogP contribution in [0.5, 0.6) is 0 Å². The lowest BCUT2D eigenvalue weighted by molar-refractivity contribution is -0.361. The highest BCUT2D eigenvalue weighted by atomic mass is 16.7. The van der Waals surface area contributed by atoms with Crippen LogP contribution in [0.3, 0.4) is 0 Å². The minimum Gasteiger partial charge on any atom is -0.396 e. The Bertz CT molecular complexity index is 1420. The van der Waals surface area contributed by atoms with E-state index in [0.717, 1.165) is 44.9 Å². The summed E-state index contributed by atoms with van der Waals surface area (Å²) in [5.74, 6) is 0.665. The van der Waals surface area contributed by atoms with Gasteiger partial charge in [0.05, 0.1) is 38.1 Å². The highest BCUT2D eigenvalue weighted by Crippen LogP contribution is 2.76. The van der Waals surface area contributed by atoms with Crippen LogP contribution in [0.15, 0.2) is 11.6 Å². The first-order chi connectivity index (χ1) is 25.1. The maximum absolute atomic E-state index is 12.1. The third kappa shape index (κ3) is 5.80. The molecule has 7 rings (SSSR count). The van der Waals surface area contributed by atoms with Crippen molar-refractivity contribution in [3.05, 3.63) is 11.6 Å². The minimum atomic E-state index is -1.73. The third-order valence-corrected chi connectivity index (χ3v) is 17.3. The molecule has 0 bridgehead atoms. The molecule has 0 unspecified atom stereocenters. The molecule has 13 heteroatoms. The molecule has 0 aromatic rings. The Kier molecular flexibility index (Phi) is 10.7. The highest BCUT2D eigenvalue weighted by Gasteiger charge is 2.70. The van der Waals surface area contributed by atoms with E-state index in [0.29, 0.717) is 12.3 Å². The lowest BCUT2D eigenvalue weighted by Gasteiger charge is -2.72. The Morgan fingerprint density at radius 3 is 2.11 bits per heavy atom. The number of rotatable bonds is 6. The predicted octanol–water partition coefficient (Wildman–Crippen LogP) is 1.37.